The van der Waals surface area contributed by atoms with E-state index < -0.39 is 0 Å². The first-order valence-corrected chi connectivity index (χ1v) is 5.82. The van der Waals surface area contributed by atoms with Gasteiger partial charge in [0.15, 0.2) is 6.61 Å². The lowest BCUT2D eigenvalue weighted by atomic mass is 9.82. The quantitative estimate of drug-likeness (QED) is 0.754. The highest BCUT2D eigenvalue weighted by Crippen LogP contribution is 2.30. The highest BCUT2D eigenvalue weighted by Gasteiger charge is 2.37. The van der Waals surface area contributed by atoms with Crippen molar-refractivity contribution in [2.45, 2.75) is 39.2 Å². The molecule has 1 saturated heterocycles. The van der Waals surface area contributed by atoms with E-state index >= 15 is 0 Å². The lowest BCUT2D eigenvalue weighted by Crippen LogP contribution is -2.47. The molecule has 0 saturated carbocycles. The Balaban J connectivity index is 2.05. The Morgan fingerprint density at radius 2 is 2.47 bits per heavy atom. The van der Waals surface area contributed by atoms with Crippen LogP contribution in [0.15, 0.2) is 5.16 Å². The maximum Gasteiger partial charge on any atom is 0.233 e. The molecule has 0 aliphatic carbocycles. The lowest BCUT2D eigenvalue weighted by Gasteiger charge is -2.37. The number of rotatable bonds is 2. The summed E-state index contributed by atoms with van der Waals surface area (Å²) >= 11 is 0. The van der Waals surface area contributed by atoms with Gasteiger partial charge >= 0.3 is 0 Å². The van der Waals surface area contributed by atoms with Gasteiger partial charge in [-0.1, -0.05) is 12.1 Å². The number of piperidine rings is 1. The van der Waals surface area contributed by atoms with Gasteiger partial charge in [0.1, 0.15) is 6.10 Å². The predicted molar refractivity (Wildman–Crippen MR) is 58.8 cm³/mol. The Morgan fingerprint density at radius 1 is 1.60 bits per heavy atom. The molecule has 1 fully saturated rings. The minimum Gasteiger partial charge on any atom is -0.471 e. The van der Waals surface area contributed by atoms with Gasteiger partial charge < -0.3 is 14.9 Å². The van der Waals surface area contributed by atoms with Crippen LogP contribution in [-0.2, 0) is 9.57 Å². The maximum atomic E-state index is 5.86. The Hall–Kier alpha value is -0.770. The minimum atomic E-state index is 0.0199. The molecule has 2 rings (SSSR count). The van der Waals surface area contributed by atoms with Crippen LogP contribution < -0.4 is 5.32 Å². The van der Waals surface area contributed by atoms with Crippen molar-refractivity contribution in [2.75, 3.05) is 19.7 Å². The summed E-state index contributed by atoms with van der Waals surface area (Å²) in [5.41, 5.74) is 0.0199. The largest absolute Gasteiger partial charge is 0.471 e. The third kappa shape index (κ3) is 2.25. The monoisotopic (exact) mass is 212 g/mol. The van der Waals surface area contributed by atoms with Crippen LogP contribution in [0.1, 0.15) is 33.1 Å². The molecule has 2 atom stereocenters. The van der Waals surface area contributed by atoms with E-state index in [1.54, 1.807) is 0 Å². The van der Waals surface area contributed by atoms with Gasteiger partial charge in [-0.15, -0.1) is 0 Å². The minimum absolute atomic E-state index is 0.0199. The molecule has 0 radical (unpaired) electrons. The molecule has 0 aromatic carbocycles. The van der Waals surface area contributed by atoms with Crippen LogP contribution in [0.4, 0.5) is 0 Å². The van der Waals surface area contributed by atoms with Crippen LogP contribution in [0.3, 0.4) is 0 Å². The molecule has 0 amide bonds. The van der Waals surface area contributed by atoms with E-state index in [0.29, 0.717) is 6.61 Å². The fourth-order valence-electron chi connectivity index (χ4n) is 2.08. The summed E-state index contributed by atoms with van der Waals surface area (Å²) < 4.78 is 5.86. The van der Waals surface area contributed by atoms with Crippen LogP contribution in [0.2, 0.25) is 0 Å². The van der Waals surface area contributed by atoms with Crippen molar-refractivity contribution < 1.29 is 9.57 Å². The van der Waals surface area contributed by atoms with Crippen molar-refractivity contribution in [3.63, 3.8) is 0 Å². The Kier molecular flexibility index (Phi) is 3.14. The smallest absolute Gasteiger partial charge is 0.233 e. The molecule has 0 aromatic heterocycles. The zero-order valence-electron chi connectivity index (χ0n) is 9.58. The molecule has 1 N–H and O–H groups in total. The van der Waals surface area contributed by atoms with Gasteiger partial charge in [-0.25, -0.2) is 0 Å². The number of ether oxygens (including phenoxy) is 1. The van der Waals surface area contributed by atoms with Crippen LogP contribution >= 0.6 is 0 Å². The topological polar surface area (TPSA) is 42.8 Å². The van der Waals surface area contributed by atoms with Gasteiger partial charge in [-0.2, -0.15) is 0 Å². The zero-order chi connectivity index (χ0) is 10.7. The number of oxime groups is 1. The van der Waals surface area contributed by atoms with E-state index in [-0.39, 0.29) is 11.5 Å². The van der Waals surface area contributed by atoms with Crippen LogP contribution in [0, 0.1) is 5.41 Å². The van der Waals surface area contributed by atoms with Crippen molar-refractivity contribution >= 4 is 5.90 Å². The fraction of sp³-hybridized carbons (Fsp3) is 0.909. The van der Waals surface area contributed by atoms with Gasteiger partial charge in [0.25, 0.3) is 0 Å². The van der Waals surface area contributed by atoms with Crippen molar-refractivity contribution in [2.24, 2.45) is 10.6 Å². The maximum absolute atomic E-state index is 5.86. The molecule has 1 unspecified atom stereocenters. The second-order valence-electron chi connectivity index (χ2n) is 4.68. The van der Waals surface area contributed by atoms with E-state index in [2.05, 4.69) is 24.3 Å². The fourth-order valence-corrected chi connectivity index (χ4v) is 2.08. The van der Waals surface area contributed by atoms with E-state index in [1.807, 2.05) is 0 Å². The molecule has 0 bridgehead atoms. The van der Waals surface area contributed by atoms with Gasteiger partial charge in [-0.05, 0) is 32.7 Å². The zero-order valence-corrected chi connectivity index (χ0v) is 9.58. The van der Waals surface area contributed by atoms with E-state index in [0.717, 1.165) is 31.8 Å². The summed E-state index contributed by atoms with van der Waals surface area (Å²) in [4.78, 5) is 5.24. The number of nitrogens with zero attached hydrogens (tertiary/aromatic N) is 1. The van der Waals surface area contributed by atoms with E-state index in [9.17, 15) is 0 Å². The molecule has 0 spiro atoms. The first kappa shape index (κ1) is 10.7. The lowest BCUT2D eigenvalue weighted by molar-refractivity contribution is -0.00685. The predicted octanol–water partition coefficient (Wildman–Crippen LogP) is 1.51. The molecule has 2 heterocycles. The second kappa shape index (κ2) is 4.39. The van der Waals surface area contributed by atoms with Gasteiger partial charge in [-0.3, -0.25) is 0 Å². The Labute approximate surface area is 91.0 Å². The summed E-state index contributed by atoms with van der Waals surface area (Å²) in [6.07, 6.45) is 3.45. The first-order valence-electron chi connectivity index (χ1n) is 5.82. The van der Waals surface area contributed by atoms with E-state index in [4.69, 9.17) is 9.57 Å². The third-order valence-electron chi connectivity index (χ3n) is 3.26. The molecular weight excluding hydrogens is 192 g/mol. The summed E-state index contributed by atoms with van der Waals surface area (Å²) in [5.74, 6) is 0.785. The number of hydrogen-bond donors (Lipinski definition) is 1. The second-order valence-corrected chi connectivity index (χ2v) is 4.68. The van der Waals surface area contributed by atoms with Gasteiger partial charge in [0.2, 0.25) is 5.90 Å². The van der Waals surface area contributed by atoms with Crippen molar-refractivity contribution in [3.05, 3.63) is 0 Å². The molecule has 86 valence electrons. The molecule has 15 heavy (non-hydrogen) atoms. The van der Waals surface area contributed by atoms with Crippen molar-refractivity contribution in [1.82, 2.24) is 5.32 Å². The van der Waals surface area contributed by atoms with Crippen molar-refractivity contribution in [1.29, 1.82) is 0 Å². The summed E-state index contributed by atoms with van der Waals surface area (Å²) in [5, 5.41) is 7.47. The molecular formula is C11H20N2O2. The van der Waals surface area contributed by atoms with Crippen LogP contribution in [0.25, 0.3) is 0 Å². The molecule has 4 heteroatoms. The van der Waals surface area contributed by atoms with Crippen molar-refractivity contribution in [3.8, 4) is 0 Å². The third-order valence-corrected chi connectivity index (χ3v) is 3.26. The van der Waals surface area contributed by atoms with E-state index in [1.165, 1.54) is 6.42 Å². The first-order chi connectivity index (χ1) is 7.24. The van der Waals surface area contributed by atoms with Crippen LogP contribution in [-0.4, -0.2) is 31.7 Å². The molecule has 2 aliphatic heterocycles. The Morgan fingerprint density at radius 3 is 3.13 bits per heavy atom. The normalized spacial score (nSPS) is 36.4. The van der Waals surface area contributed by atoms with Gasteiger partial charge in [0.05, 0.1) is 5.41 Å². The highest BCUT2D eigenvalue weighted by atomic mass is 16.7. The standard InChI is InChI=1S/C11H20N2O2/c1-3-9-7-14-13-10(15-9)11(2)5-4-6-12-8-11/h9,12H,3-8H2,1-2H3/t9?,11-/m0/s1. The highest BCUT2D eigenvalue weighted by molar-refractivity contribution is 5.82. The average Bonchev–Trinajstić information content (AvgIpc) is 2.30. The molecule has 4 nitrogen and oxygen atoms in total. The Bertz CT molecular complexity index is 247. The molecule has 0 aromatic rings. The summed E-state index contributed by atoms with van der Waals surface area (Å²) in [6.45, 7) is 6.92. The SMILES string of the molecule is CCC1CON=C([C@@]2(C)CCCNC2)O1. The average molecular weight is 212 g/mol. The van der Waals surface area contributed by atoms with Gasteiger partial charge in [0, 0.05) is 6.54 Å². The van der Waals surface area contributed by atoms with Crippen LogP contribution in [0.5, 0.6) is 0 Å². The number of nitrogens with one attached hydrogen (secondary N) is 1. The molecule has 2 aliphatic rings. The summed E-state index contributed by atoms with van der Waals surface area (Å²) in [7, 11) is 0. The summed E-state index contributed by atoms with van der Waals surface area (Å²) in [6, 6.07) is 0. The number of hydrogen-bond acceptors (Lipinski definition) is 4.